The van der Waals surface area contributed by atoms with Crippen molar-refractivity contribution in [3.63, 3.8) is 0 Å². The van der Waals surface area contributed by atoms with Crippen LogP contribution in [0.15, 0.2) is 18.2 Å². The second kappa shape index (κ2) is 4.72. The highest BCUT2D eigenvalue weighted by molar-refractivity contribution is 6.06. The van der Waals surface area contributed by atoms with E-state index in [-0.39, 0.29) is 11.4 Å². The molecule has 0 atom stereocenters. The molecule has 100 valence electrons. The lowest BCUT2D eigenvalue weighted by molar-refractivity contribution is 0.101. The van der Waals surface area contributed by atoms with Gasteiger partial charge in [-0.05, 0) is 31.5 Å². The molecular weight excluding hydrogens is 247 g/mol. The molecule has 1 amide bonds. The van der Waals surface area contributed by atoms with Crippen LogP contribution in [0.25, 0.3) is 0 Å². The minimum absolute atomic E-state index is 0.128. The third-order valence-corrected chi connectivity index (χ3v) is 2.85. The number of nitrogens with one attached hydrogen (secondary N) is 1. The molecule has 0 unspecified atom stereocenters. The van der Waals surface area contributed by atoms with Gasteiger partial charge in [0.25, 0.3) is 5.91 Å². The van der Waals surface area contributed by atoms with Gasteiger partial charge in [0.1, 0.15) is 11.5 Å². The lowest BCUT2D eigenvalue weighted by atomic mass is 10.2. The number of halogens is 1. The summed E-state index contributed by atoms with van der Waals surface area (Å²) in [5.41, 5.74) is 7.86. The van der Waals surface area contributed by atoms with Crippen LogP contribution in [-0.2, 0) is 7.05 Å². The molecule has 3 N–H and O–H groups in total. The fourth-order valence-corrected chi connectivity index (χ4v) is 1.86. The summed E-state index contributed by atoms with van der Waals surface area (Å²) in [5, 5.41) is 6.56. The van der Waals surface area contributed by atoms with Crippen molar-refractivity contribution < 1.29 is 9.18 Å². The molecule has 0 bridgehead atoms. The van der Waals surface area contributed by atoms with E-state index in [9.17, 15) is 9.18 Å². The van der Waals surface area contributed by atoms with Gasteiger partial charge < -0.3 is 11.1 Å². The molecule has 0 aliphatic rings. The summed E-state index contributed by atoms with van der Waals surface area (Å²) >= 11 is 0. The first kappa shape index (κ1) is 13.1. The van der Waals surface area contributed by atoms with Crippen molar-refractivity contribution in [1.29, 1.82) is 0 Å². The number of hydrogen-bond donors (Lipinski definition) is 2. The molecule has 1 heterocycles. The third-order valence-electron chi connectivity index (χ3n) is 2.85. The normalized spacial score (nSPS) is 10.5. The van der Waals surface area contributed by atoms with E-state index in [1.54, 1.807) is 26.1 Å². The van der Waals surface area contributed by atoms with Crippen LogP contribution >= 0.6 is 0 Å². The first-order valence-electron chi connectivity index (χ1n) is 5.76. The quantitative estimate of drug-likeness (QED) is 0.869. The van der Waals surface area contributed by atoms with Crippen molar-refractivity contribution in [2.75, 3.05) is 11.1 Å². The van der Waals surface area contributed by atoms with Crippen molar-refractivity contribution in [3.8, 4) is 0 Å². The molecule has 0 aliphatic heterocycles. The van der Waals surface area contributed by atoms with E-state index in [0.29, 0.717) is 11.4 Å². The molecule has 0 spiro atoms. The monoisotopic (exact) mass is 262 g/mol. The maximum absolute atomic E-state index is 13.6. The van der Waals surface area contributed by atoms with Crippen LogP contribution in [0, 0.1) is 19.7 Å². The topological polar surface area (TPSA) is 72.9 Å². The number of carbonyl (C=O) groups is 1. The van der Waals surface area contributed by atoms with Gasteiger partial charge in [0.05, 0.1) is 17.1 Å². The molecule has 0 fully saturated rings. The summed E-state index contributed by atoms with van der Waals surface area (Å²) < 4.78 is 15.0. The van der Waals surface area contributed by atoms with E-state index in [2.05, 4.69) is 10.4 Å². The van der Waals surface area contributed by atoms with Gasteiger partial charge in [0.2, 0.25) is 0 Å². The van der Waals surface area contributed by atoms with Crippen molar-refractivity contribution in [1.82, 2.24) is 9.78 Å². The number of anilines is 2. The van der Waals surface area contributed by atoms with Crippen LogP contribution in [0.2, 0.25) is 0 Å². The van der Waals surface area contributed by atoms with Gasteiger partial charge in [-0.25, -0.2) is 4.39 Å². The van der Waals surface area contributed by atoms with Gasteiger partial charge in [0.15, 0.2) is 0 Å². The van der Waals surface area contributed by atoms with E-state index in [1.807, 2.05) is 6.92 Å². The van der Waals surface area contributed by atoms with Crippen molar-refractivity contribution in [3.05, 3.63) is 41.0 Å². The number of hydrogen-bond acceptors (Lipinski definition) is 3. The summed E-state index contributed by atoms with van der Waals surface area (Å²) in [7, 11) is 1.62. The highest BCUT2D eigenvalue weighted by Crippen LogP contribution is 2.20. The number of nitrogens with zero attached hydrogens (tertiary/aromatic N) is 2. The van der Waals surface area contributed by atoms with Crippen LogP contribution < -0.4 is 11.1 Å². The Balaban J connectivity index is 2.33. The highest BCUT2D eigenvalue weighted by atomic mass is 19.1. The van der Waals surface area contributed by atoms with E-state index < -0.39 is 11.7 Å². The van der Waals surface area contributed by atoms with Crippen molar-refractivity contribution in [2.45, 2.75) is 13.8 Å². The predicted octanol–water partition coefficient (Wildman–Crippen LogP) is 2.01. The fourth-order valence-electron chi connectivity index (χ4n) is 1.86. The van der Waals surface area contributed by atoms with Crippen LogP contribution in [0.3, 0.4) is 0 Å². The third kappa shape index (κ3) is 2.42. The second-order valence-electron chi connectivity index (χ2n) is 4.41. The average molecular weight is 262 g/mol. The Labute approximate surface area is 110 Å². The molecule has 1 aromatic heterocycles. The number of nitrogen functional groups attached to an aromatic ring is 1. The van der Waals surface area contributed by atoms with Crippen molar-refractivity contribution in [2.24, 2.45) is 7.05 Å². The van der Waals surface area contributed by atoms with E-state index in [4.69, 9.17) is 5.73 Å². The first-order valence-corrected chi connectivity index (χ1v) is 5.76. The molecule has 0 radical (unpaired) electrons. The Morgan fingerprint density at radius 1 is 1.42 bits per heavy atom. The Morgan fingerprint density at radius 2 is 2.11 bits per heavy atom. The molecule has 5 nitrogen and oxygen atoms in total. The molecule has 1 aromatic carbocycles. The van der Waals surface area contributed by atoms with Gasteiger partial charge in [-0.15, -0.1) is 0 Å². The number of aryl methyl sites for hydroxylation is 3. The average Bonchev–Trinajstić information content (AvgIpc) is 2.58. The van der Waals surface area contributed by atoms with Gasteiger partial charge in [0, 0.05) is 7.05 Å². The van der Waals surface area contributed by atoms with Gasteiger partial charge in [-0.2, -0.15) is 5.10 Å². The number of carbonyl (C=O) groups excluding carboxylic acids is 1. The Hall–Kier alpha value is -2.37. The molecule has 0 saturated heterocycles. The maximum Gasteiger partial charge on any atom is 0.276 e. The lowest BCUT2D eigenvalue weighted by Gasteiger charge is -2.08. The molecule has 19 heavy (non-hydrogen) atoms. The molecular formula is C13H15FN4O. The number of amides is 1. The van der Waals surface area contributed by atoms with Gasteiger partial charge in [-0.3, -0.25) is 9.48 Å². The smallest absolute Gasteiger partial charge is 0.276 e. The summed E-state index contributed by atoms with van der Waals surface area (Å²) in [6.45, 7) is 3.52. The van der Waals surface area contributed by atoms with Crippen LogP contribution in [-0.4, -0.2) is 15.7 Å². The second-order valence-corrected chi connectivity index (χ2v) is 4.41. The zero-order valence-electron chi connectivity index (χ0n) is 11.0. The largest absolute Gasteiger partial charge is 0.395 e. The summed E-state index contributed by atoms with van der Waals surface area (Å²) in [4.78, 5) is 12.1. The minimum Gasteiger partial charge on any atom is -0.395 e. The highest BCUT2D eigenvalue weighted by Gasteiger charge is 2.19. The predicted molar refractivity (Wildman–Crippen MR) is 71.4 cm³/mol. The molecule has 6 heteroatoms. The lowest BCUT2D eigenvalue weighted by Crippen LogP contribution is -2.18. The Bertz CT molecular complexity index is 648. The Kier molecular flexibility index (Phi) is 3.25. The summed E-state index contributed by atoms with van der Waals surface area (Å²) in [6, 6.07) is 4.50. The van der Waals surface area contributed by atoms with Gasteiger partial charge in [-0.1, -0.05) is 6.07 Å². The number of aromatic nitrogens is 2. The SMILES string of the molecule is Cc1ccc(F)c(NC(=O)c2c(N)c(C)nn2C)c1. The van der Waals surface area contributed by atoms with Crippen LogP contribution in [0.5, 0.6) is 0 Å². The van der Waals surface area contributed by atoms with E-state index in [0.717, 1.165) is 5.56 Å². The standard InChI is InChI=1S/C13H15FN4O/c1-7-4-5-9(14)10(6-7)16-13(19)12-11(15)8(2)17-18(12)3/h4-6H,15H2,1-3H3,(H,16,19). The number of rotatable bonds is 2. The zero-order chi connectivity index (χ0) is 14.2. The Morgan fingerprint density at radius 3 is 2.68 bits per heavy atom. The van der Waals surface area contributed by atoms with Gasteiger partial charge >= 0.3 is 0 Å². The van der Waals surface area contributed by atoms with Crippen molar-refractivity contribution >= 4 is 17.3 Å². The molecule has 2 aromatic rings. The molecule has 0 aliphatic carbocycles. The van der Waals surface area contributed by atoms with Crippen LogP contribution in [0.4, 0.5) is 15.8 Å². The zero-order valence-corrected chi connectivity index (χ0v) is 11.0. The summed E-state index contributed by atoms with van der Waals surface area (Å²) in [5.74, 6) is -0.971. The molecule has 0 saturated carbocycles. The van der Waals surface area contributed by atoms with E-state index >= 15 is 0 Å². The maximum atomic E-state index is 13.6. The minimum atomic E-state index is -0.489. The number of nitrogens with two attached hydrogens (primary N) is 1. The van der Waals surface area contributed by atoms with Crippen LogP contribution in [0.1, 0.15) is 21.7 Å². The van der Waals surface area contributed by atoms with E-state index in [1.165, 1.54) is 10.7 Å². The summed E-state index contributed by atoms with van der Waals surface area (Å²) in [6.07, 6.45) is 0. The first-order chi connectivity index (χ1) is 8.90. The number of benzene rings is 1. The fraction of sp³-hybridized carbons (Fsp3) is 0.231. The molecule has 2 rings (SSSR count).